The molecule has 3 N–H and O–H groups in total. The number of benzene rings is 1. The van der Waals surface area contributed by atoms with Gasteiger partial charge in [-0.1, -0.05) is 6.07 Å². The van der Waals surface area contributed by atoms with Gasteiger partial charge in [0.05, 0.1) is 12.6 Å². The smallest absolute Gasteiger partial charge is 0.188 e. The Morgan fingerprint density at radius 3 is 2.86 bits per heavy atom. The van der Waals surface area contributed by atoms with Crippen LogP contribution in [0.4, 0.5) is 8.78 Å². The fraction of sp³-hybridized carbons (Fsp3) is 0.562. The maximum atomic E-state index is 13.9. The summed E-state index contributed by atoms with van der Waals surface area (Å²) in [5, 5.41) is 3.05. The van der Waals surface area contributed by atoms with E-state index in [9.17, 15) is 8.78 Å². The molecule has 0 spiro atoms. The Bertz CT molecular complexity index is 567. The van der Waals surface area contributed by atoms with Crippen molar-refractivity contribution in [1.82, 2.24) is 5.32 Å². The van der Waals surface area contributed by atoms with Crippen molar-refractivity contribution in [3.05, 3.63) is 35.4 Å². The zero-order valence-electron chi connectivity index (χ0n) is 12.4. The zero-order chi connectivity index (χ0) is 15.6. The molecule has 3 rings (SSSR count). The fourth-order valence-electron chi connectivity index (χ4n) is 2.90. The molecule has 1 aromatic rings. The van der Waals surface area contributed by atoms with Gasteiger partial charge in [0.15, 0.2) is 5.96 Å². The van der Waals surface area contributed by atoms with Crippen LogP contribution in [0.25, 0.3) is 0 Å². The number of ether oxygens (including phenoxy) is 1. The minimum atomic E-state index is -0.557. The predicted molar refractivity (Wildman–Crippen MR) is 80.7 cm³/mol. The maximum absolute atomic E-state index is 13.9. The molecule has 1 aliphatic heterocycles. The summed E-state index contributed by atoms with van der Waals surface area (Å²) in [7, 11) is 0. The van der Waals surface area contributed by atoms with Crippen LogP contribution in [-0.4, -0.2) is 31.8 Å². The quantitative estimate of drug-likeness (QED) is 0.647. The molecule has 1 unspecified atom stereocenters. The minimum absolute atomic E-state index is 0.193. The number of nitrogens with one attached hydrogen (secondary N) is 1. The first-order valence-electron chi connectivity index (χ1n) is 7.70. The van der Waals surface area contributed by atoms with E-state index >= 15 is 0 Å². The number of nitrogens with zero attached hydrogens (tertiary/aromatic N) is 1. The Balaban J connectivity index is 1.58. The summed E-state index contributed by atoms with van der Waals surface area (Å²) in [5.74, 6) is -0.707. The molecule has 1 atom stereocenters. The second kappa shape index (κ2) is 6.20. The monoisotopic (exact) mass is 309 g/mol. The highest BCUT2D eigenvalue weighted by atomic mass is 19.1. The highest BCUT2D eigenvalue weighted by Crippen LogP contribution is 2.49. The average Bonchev–Trinajstić information content (AvgIpc) is 3.08. The Labute approximate surface area is 128 Å². The van der Waals surface area contributed by atoms with Gasteiger partial charge in [-0.15, -0.1) is 0 Å². The van der Waals surface area contributed by atoms with Gasteiger partial charge >= 0.3 is 0 Å². The molecule has 2 fully saturated rings. The largest absolute Gasteiger partial charge is 0.376 e. The van der Waals surface area contributed by atoms with Crippen LogP contribution < -0.4 is 11.1 Å². The van der Waals surface area contributed by atoms with Crippen LogP contribution in [0.3, 0.4) is 0 Å². The lowest BCUT2D eigenvalue weighted by Crippen LogP contribution is -2.37. The third-order valence-electron chi connectivity index (χ3n) is 4.44. The van der Waals surface area contributed by atoms with E-state index in [1.165, 1.54) is 12.1 Å². The van der Waals surface area contributed by atoms with Crippen molar-refractivity contribution in [3.8, 4) is 0 Å². The second-order valence-corrected chi connectivity index (χ2v) is 6.12. The number of guanidine groups is 1. The summed E-state index contributed by atoms with van der Waals surface area (Å²) in [5.41, 5.74) is 6.06. The molecule has 4 nitrogen and oxygen atoms in total. The van der Waals surface area contributed by atoms with E-state index in [2.05, 4.69) is 10.3 Å². The second-order valence-electron chi connectivity index (χ2n) is 6.12. The molecule has 0 bridgehead atoms. The summed E-state index contributed by atoms with van der Waals surface area (Å²) in [4.78, 5) is 4.33. The van der Waals surface area contributed by atoms with Crippen LogP contribution in [0, 0.1) is 11.6 Å². The summed E-state index contributed by atoms with van der Waals surface area (Å²) >= 11 is 0. The van der Waals surface area contributed by atoms with Crippen LogP contribution >= 0.6 is 0 Å². The number of nitrogens with two attached hydrogens (primary N) is 1. The number of hydrogen-bond donors (Lipinski definition) is 2. The molecule has 1 saturated carbocycles. The molecule has 0 radical (unpaired) electrons. The first-order valence-corrected chi connectivity index (χ1v) is 7.70. The molecule has 0 amide bonds. The van der Waals surface area contributed by atoms with E-state index in [4.69, 9.17) is 10.5 Å². The molecular formula is C16H21F2N3O. The van der Waals surface area contributed by atoms with Gasteiger partial charge in [0.25, 0.3) is 0 Å². The third-order valence-corrected chi connectivity index (χ3v) is 4.44. The van der Waals surface area contributed by atoms with Gasteiger partial charge < -0.3 is 15.8 Å². The lowest BCUT2D eigenvalue weighted by atomic mass is 9.95. The molecular weight excluding hydrogens is 288 g/mol. The first kappa shape index (κ1) is 15.2. The van der Waals surface area contributed by atoms with Crippen LogP contribution in [0.15, 0.2) is 23.2 Å². The molecule has 2 aliphatic rings. The summed E-state index contributed by atoms with van der Waals surface area (Å²) < 4.78 is 32.4. The van der Waals surface area contributed by atoms with Gasteiger partial charge in [-0.2, -0.15) is 0 Å². The Morgan fingerprint density at radius 2 is 2.23 bits per heavy atom. The van der Waals surface area contributed by atoms with Gasteiger partial charge in [-0.05, 0) is 37.3 Å². The summed E-state index contributed by atoms with van der Waals surface area (Å²) in [6.45, 7) is 1.86. The lowest BCUT2D eigenvalue weighted by Gasteiger charge is -2.15. The van der Waals surface area contributed by atoms with E-state index < -0.39 is 11.6 Å². The average molecular weight is 309 g/mol. The zero-order valence-corrected chi connectivity index (χ0v) is 12.4. The molecule has 1 heterocycles. The third kappa shape index (κ3) is 3.38. The molecule has 6 heteroatoms. The first-order chi connectivity index (χ1) is 10.6. The number of rotatable bonds is 5. The molecule has 1 saturated heterocycles. The van der Waals surface area contributed by atoms with E-state index in [1.807, 2.05) is 0 Å². The Morgan fingerprint density at radius 1 is 1.41 bits per heavy atom. The van der Waals surface area contributed by atoms with Crippen LogP contribution in [0.1, 0.15) is 31.2 Å². The van der Waals surface area contributed by atoms with Crippen LogP contribution in [0.5, 0.6) is 0 Å². The van der Waals surface area contributed by atoms with Gasteiger partial charge in [0, 0.05) is 24.6 Å². The van der Waals surface area contributed by atoms with Gasteiger partial charge in [-0.3, -0.25) is 4.99 Å². The standard InChI is InChI=1S/C16H21F2N3O/c17-11-3-4-13(14(18)8-11)16(5-6-16)10-21-15(19)20-9-12-2-1-7-22-12/h3-4,8,12H,1-2,5-7,9-10H2,(H3,19,20,21). The Hall–Kier alpha value is -1.69. The number of halogens is 2. The fourth-order valence-corrected chi connectivity index (χ4v) is 2.90. The van der Waals surface area contributed by atoms with Gasteiger partial charge in [-0.25, -0.2) is 8.78 Å². The SMILES string of the molecule is NC(=NCC1(c2ccc(F)cc2F)CC1)NCC1CCCO1. The minimum Gasteiger partial charge on any atom is -0.376 e. The van der Waals surface area contributed by atoms with E-state index in [0.29, 0.717) is 24.6 Å². The molecule has 22 heavy (non-hydrogen) atoms. The molecule has 120 valence electrons. The van der Waals surface area contributed by atoms with Crippen molar-refractivity contribution in [3.63, 3.8) is 0 Å². The maximum Gasteiger partial charge on any atom is 0.188 e. The van der Waals surface area contributed by atoms with Crippen molar-refractivity contribution >= 4 is 5.96 Å². The van der Waals surface area contributed by atoms with Crippen LogP contribution in [-0.2, 0) is 10.2 Å². The van der Waals surface area contributed by atoms with E-state index in [0.717, 1.165) is 38.4 Å². The van der Waals surface area contributed by atoms with Crippen LogP contribution in [0.2, 0.25) is 0 Å². The molecule has 0 aromatic heterocycles. The van der Waals surface area contributed by atoms with E-state index in [1.54, 1.807) is 0 Å². The predicted octanol–water partition coefficient (Wildman–Crippen LogP) is 2.08. The summed E-state index contributed by atoms with van der Waals surface area (Å²) in [6.07, 6.45) is 4.00. The highest BCUT2D eigenvalue weighted by molar-refractivity contribution is 5.78. The number of hydrogen-bond acceptors (Lipinski definition) is 2. The van der Waals surface area contributed by atoms with Crippen molar-refractivity contribution < 1.29 is 13.5 Å². The van der Waals surface area contributed by atoms with Crippen molar-refractivity contribution in [2.75, 3.05) is 19.7 Å². The normalized spacial score (nSPS) is 23.5. The van der Waals surface area contributed by atoms with Gasteiger partial charge in [0.1, 0.15) is 11.6 Å². The lowest BCUT2D eigenvalue weighted by molar-refractivity contribution is 0.114. The Kier molecular flexibility index (Phi) is 4.29. The molecule has 1 aliphatic carbocycles. The summed E-state index contributed by atoms with van der Waals surface area (Å²) in [6, 6.07) is 3.74. The molecule has 1 aromatic carbocycles. The topological polar surface area (TPSA) is 59.6 Å². The van der Waals surface area contributed by atoms with Gasteiger partial charge in [0.2, 0.25) is 0 Å². The number of aliphatic imine (C=N–C) groups is 1. The highest BCUT2D eigenvalue weighted by Gasteiger charge is 2.46. The van der Waals surface area contributed by atoms with Crippen molar-refractivity contribution in [2.45, 2.75) is 37.2 Å². The van der Waals surface area contributed by atoms with E-state index in [-0.39, 0.29) is 11.5 Å². The van der Waals surface area contributed by atoms with Crippen molar-refractivity contribution in [2.24, 2.45) is 10.7 Å². The van der Waals surface area contributed by atoms with Crippen molar-refractivity contribution in [1.29, 1.82) is 0 Å².